The highest BCUT2D eigenvalue weighted by Crippen LogP contribution is 2.28. The molecule has 0 bridgehead atoms. The summed E-state index contributed by atoms with van der Waals surface area (Å²) in [4.78, 5) is 25.0. The van der Waals surface area contributed by atoms with E-state index in [0.717, 1.165) is 5.56 Å². The number of benzene rings is 1. The number of nitrogens with one attached hydrogen (secondary N) is 1. The number of aryl methyl sites for hydroxylation is 1. The van der Waals surface area contributed by atoms with Crippen molar-refractivity contribution < 1.29 is 19.1 Å². The van der Waals surface area contributed by atoms with Gasteiger partial charge in [0.15, 0.2) is 0 Å². The molecule has 0 atom stereocenters. The first-order chi connectivity index (χ1) is 9.61. The summed E-state index contributed by atoms with van der Waals surface area (Å²) in [6.07, 6.45) is 1.01. The number of aliphatic hydroxyl groups is 1. The molecule has 0 saturated heterocycles. The molecule has 1 aliphatic heterocycles. The standard InChI is InChI=1S/C14H17FN2O3/c15-11-2-3-12-10(9-11)1-4-14(20)17(12)7-5-13(19)16-6-8-18/h2-3,9,18H,1,4-8H2,(H,16,19). The van der Waals surface area contributed by atoms with E-state index in [4.69, 9.17) is 5.11 Å². The van der Waals surface area contributed by atoms with Crippen molar-refractivity contribution in [2.24, 2.45) is 0 Å². The highest BCUT2D eigenvalue weighted by Gasteiger charge is 2.24. The number of aliphatic hydroxyl groups excluding tert-OH is 1. The second kappa shape index (κ2) is 6.47. The van der Waals surface area contributed by atoms with Gasteiger partial charge in [-0.15, -0.1) is 0 Å². The van der Waals surface area contributed by atoms with Crippen molar-refractivity contribution in [1.29, 1.82) is 0 Å². The van der Waals surface area contributed by atoms with E-state index in [2.05, 4.69) is 5.32 Å². The fraction of sp³-hybridized carbons (Fsp3) is 0.429. The Labute approximate surface area is 116 Å². The Hall–Kier alpha value is -1.95. The second-order valence-electron chi connectivity index (χ2n) is 4.64. The SMILES string of the molecule is O=C(CCN1C(=O)CCc2cc(F)ccc21)NCCO. The smallest absolute Gasteiger partial charge is 0.227 e. The molecule has 0 saturated carbocycles. The first-order valence-electron chi connectivity index (χ1n) is 6.58. The van der Waals surface area contributed by atoms with Crippen molar-refractivity contribution in [1.82, 2.24) is 5.32 Å². The van der Waals surface area contributed by atoms with Crippen LogP contribution in [-0.4, -0.2) is 36.6 Å². The molecule has 0 spiro atoms. The predicted molar refractivity (Wildman–Crippen MR) is 71.8 cm³/mol. The number of anilines is 1. The van der Waals surface area contributed by atoms with Crippen LogP contribution in [0, 0.1) is 5.82 Å². The molecule has 0 aromatic heterocycles. The van der Waals surface area contributed by atoms with Crippen molar-refractivity contribution >= 4 is 17.5 Å². The topological polar surface area (TPSA) is 69.6 Å². The Morgan fingerprint density at radius 3 is 2.95 bits per heavy atom. The molecule has 0 radical (unpaired) electrons. The van der Waals surface area contributed by atoms with Gasteiger partial charge in [0.2, 0.25) is 11.8 Å². The second-order valence-corrected chi connectivity index (χ2v) is 4.64. The van der Waals surface area contributed by atoms with Crippen LogP contribution in [0.3, 0.4) is 0 Å². The van der Waals surface area contributed by atoms with E-state index in [1.807, 2.05) is 0 Å². The lowest BCUT2D eigenvalue weighted by Crippen LogP contribution is -2.38. The molecule has 1 aromatic rings. The molecule has 0 aliphatic carbocycles. The van der Waals surface area contributed by atoms with E-state index in [1.54, 1.807) is 6.07 Å². The molecule has 108 valence electrons. The quantitative estimate of drug-likeness (QED) is 0.830. The van der Waals surface area contributed by atoms with Crippen molar-refractivity contribution in [2.75, 3.05) is 24.6 Å². The lowest BCUT2D eigenvalue weighted by atomic mass is 10.0. The van der Waals surface area contributed by atoms with E-state index < -0.39 is 0 Å². The lowest BCUT2D eigenvalue weighted by molar-refractivity contribution is -0.121. The zero-order chi connectivity index (χ0) is 14.5. The van der Waals surface area contributed by atoms with E-state index in [0.29, 0.717) is 18.5 Å². The summed E-state index contributed by atoms with van der Waals surface area (Å²) in [7, 11) is 0. The number of hydrogen-bond donors (Lipinski definition) is 2. The molecule has 6 heteroatoms. The van der Waals surface area contributed by atoms with Gasteiger partial charge in [0, 0.05) is 31.6 Å². The highest BCUT2D eigenvalue weighted by atomic mass is 19.1. The summed E-state index contributed by atoms with van der Waals surface area (Å²) in [5, 5.41) is 11.1. The van der Waals surface area contributed by atoms with Crippen LogP contribution in [0.15, 0.2) is 18.2 Å². The maximum atomic E-state index is 13.2. The van der Waals surface area contributed by atoms with Gasteiger partial charge >= 0.3 is 0 Å². The number of rotatable bonds is 5. The average molecular weight is 280 g/mol. The van der Waals surface area contributed by atoms with Gasteiger partial charge in [-0.2, -0.15) is 0 Å². The molecule has 2 rings (SSSR count). The maximum absolute atomic E-state index is 13.2. The molecule has 2 N–H and O–H groups in total. The maximum Gasteiger partial charge on any atom is 0.227 e. The van der Waals surface area contributed by atoms with Crippen LogP contribution in [-0.2, 0) is 16.0 Å². The molecule has 1 aromatic carbocycles. The van der Waals surface area contributed by atoms with Gasteiger partial charge in [0.1, 0.15) is 5.82 Å². The molecular formula is C14H17FN2O3. The van der Waals surface area contributed by atoms with E-state index >= 15 is 0 Å². The predicted octanol–water partition coefficient (Wildman–Crippen LogP) is 0.603. The first kappa shape index (κ1) is 14.5. The van der Waals surface area contributed by atoms with Crippen LogP contribution in [0.1, 0.15) is 18.4 Å². The number of amides is 2. The normalized spacial score (nSPS) is 14.1. The van der Waals surface area contributed by atoms with Crippen LogP contribution in [0.5, 0.6) is 0 Å². The van der Waals surface area contributed by atoms with E-state index in [1.165, 1.54) is 17.0 Å². The molecular weight excluding hydrogens is 263 g/mol. The molecule has 5 nitrogen and oxygen atoms in total. The van der Waals surface area contributed by atoms with Crippen LogP contribution in [0.2, 0.25) is 0 Å². The minimum atomic E-state index is -0.321. The van der Waals surface area contributed by atoms with Gasteiger partial charge < -0.3 is 15.3 Å². The summed E-state index contributed by atoms with van der Waals surface area (Å²) in [6, 6.07) is 4.32. The Kier molecular flexibility index (Phi) is 4.68. The van der Waals surface area contributed by atoms with E-state index in [9.17, 15) is 14.0 Å². The summed E-state index contributed by atoms with van der Waals surface area (Å²) in [5.41, 5.74) is 1.47. The lowest BCUT2D eigenvalue weighted by Gasteiger charge is -2.29. The fourth-order valence-corrected chi connectivity index (χ4v) is 2.27. The van der Waals surface area contributed by atoms with Gasteiger partial charge in [-0.1, -0.05) is 0 Å². The molecule has 2 amide bonds. The molecule has 20 heavy (non-hydrogen) atoms. The summed E-state index contributed by atoms with van der Waals surface area (Å²) < 4.78 is 13.2. The number of fused-ring (bicyclic) bond motifs is 1. The molecule has 1 heterocycles. The fourth-order valence-electron chi connectivity index (χ4n) is 2.27. The van der Waals surface area contributed by atoms with Crippen molar-refractivity contribution in [3.63, 3.8) is 0 Å². The largest absolute Gasteiger partial charge is 0.395 e. The zero-order valence-corrected chi connectivity index (χ0v) is 11.1. The van der Waals surface area contributed by atoms with Crippen molar-refractivity contribution in [3.8, 4) is 0 Å². The highest BCUT2D eigenvalue weighted by molar-refractivity contribution is 5.97. The molecule has 0 unspecified atom stereocenters. The van der Waals surface area contributed by atoms with E-state index in [-0.39, 0.29) is 43.7 Å². The van der Waals surface area contributed by atoms with Crippen molar-refractivity contribution in [3.05, 3.63) is 29.6 Å². The summed E-state index contributed by atoms with van der Waals surface area (Å²) in [6.45, 7) is 0.347. The van der Waals surface area contributed by atoms with Crippen LogP contribution in [0.4, 0.5) is 10.1 Å². The Bertz CT molecular complexity index is 519. The Morgan fingerprint density at radius 1 is 1.40 bits per heavy atom. The third-order valence-electron chi connectivity index (χ3n) is 3.24. The van der Waals surface area contributed by atoms with Crippen LogP contribution >= 0.6 is 0 Å². The minimum Gasteiger partial charge on any atom is -0.395 e. The third kappa shape index (κ3) is 3.33. The summed E-state index contributed by atoms with van der Waals surface area (Å²) in [5.74, 6) is -0.598. The third-order valence-corrected chi connectivity index (χ3v) is 3.24. The van der Waals surface area contributed by atoms with Gasteiger partial charge in [-0.3, -0.25) is 9.59 Å². The summed E-state index contributed by atoms with van der Waals surface area (Å²) >= 11 is 0. The Balaban J connectivity index is 2.04. The van der Waals surface area contributed by atoms with Gasteiger partial charge in [0.25, 0.3) is 0 Å². The molecule has 0 fully saturated rings. The average Bonchev–Trinajstić information content (AvgIpc) is 2.44. The molecule has 1 aliphatic rings. The monoisotopic (exact) mass is 280 g/mol. The van der Waals surface area contributed by atoms with Crippen LogP contribution in [0.25, 0.3) is 0 Å². The number of carbonyl (C=O) groups is 2. The number of carbonyl (C=O) groups excluding carboxylic acids is 2. The van der Waals surface area contributed by atoms with Gasteiger partial charge in [0.05, 0.1) is 6.61 Å². The van der Waals surface area contributed by atoms with Crippen molar-refractivity contribution in [2.45, 2.75) is 19.3 Å². The van der Waals surface area contributed by atoms with Gasteiger partial charge in [-0.05, 0) is 30.2 Å². The zero-order valence-electron chi connectivity index (χ0n) is 11.1. The number of halogens is 1. The van der Waals surface area contributed by atoms with Crippen LogP contribution < -0.4 is 10.2 Å². The number of nitrogens with zero attached hydrogens (tertiary/aromatic N) is 1. The first-order valence-corrected chi connectivity index (χ1v) is 6.58. The minimum absolute atomic E-state index is 0.0564. The number of hydrogen-bond acceptors (Lipinski definition) is 3. The van der Waals surface area contributed by atoms with Gasteiger partial charge in [-0.25, -0.2) is 4.39 Å². The Morgan fingerprint density at radius 2 is 2.20 bits per heavy atom.